The van der Waals surface area contributed by atoms with Crippen LogP contribution in [0.15, 0.2) is 56.6 Å². The van der Waals surface area contributed by atoms with Crippen molar-refractivity contribution in [3.8, 4) is 6.07 Å². The van der Waals surface area contributed by atoms with Gasteiger partial charge in [-0.2, -0.15) is 5.26 Å². The monoisotopic (exact) mass is 380 g/mol. The summed E-state index contributed by atoms with van der Waals surface area (Å²) in [7, 11) is 0. The van der Waals surface area contributed by atoms with Gasteiger partial charge >= 0.3 is 0 Å². The lowest BCUT2D eigenvalue weighted by Gasteiger charge is -2.26. The third-order valence-corrected chi connectivity index (χ3v) is 4.91. The first kappa shape index (κ1) is 17.4. The number of nitrogens with one attached hydrogen (secondary N) is 1. The standard InChI is InChI=1S/C19H16N4O3S/c20-12-13(18(24)23-7-9-25-10-8-23)11-14-5-6-17(26-14)27-19-21-15-3-1-2-4-16(15)22-19/h1-6,11H,7-10H2,(H,21,22). The molecule has 1 amide bonds. The maximum Gasteiger partial charge on any atom is 0.264 e. The maximum atomic E-state index is 12.4. The van der Waals surface area contributed by atoms with Crippen molar-refractivity contribution in [2.45, 2.75) is 10.2 Å². The Hall–Kier alpha value is -3.02. The molecule has 0 spiro atoms. The summed E-state index contributed by atoms with van der Waals surface area (Å²) in [5.41, 5.74) is 1.88. The highest BCUT2D eigenvalue weighted by Crippen LogP contribution is 2.29. The van der Waals surface area contributed by atoms with Gasteiger partial charge in [0.25, 0.3) is 5.91 Å². The number of carbonyl (C=O) groups excluding carboxylic acids is 1. The van der Waals surface area contributed by atoms with Gasteiger partial charge in [-0.1, -0.05) is 12.1 Å². The van der Waals surface area contributed by atoms with Crippen molar-refractivity contribution >= 4 is 34.8 Å². The minimum absolute atomic E-state index is 0.0477. The van der Waals surface area contributed by atoms with Gasteiger partial charge in [-0.3, -0.25) is 4.79 Å². The molecule has 7 nitrogen and oxygen atoms in total. The minimum Gasteiger partial charge on any atom is -0.450 e. The molecule has 3 heterocycles. The summed E-state index contributed by atoms with van der Waals surface area (Å²) in [5, 5.41) is 10.7. The molecule has 0 aliphatic carbocycles. The zero-order chi connectivity index (χ0) is 18.6. The van der Waals surface area contributed by atoms with Crippen LogP contribution >= 0.6 is 11.8 Å². The van der Waals surface area contributed by atoms with E-state index in [1.54, 1.807) is 17.0 Å². The van der Waals surface area contributed by atoms with Crippen molar-refractivity contribution in [3.05, 3.63) is 47.7 Å². The number of para-hydroxylation sites is 2. The lowest BCUT2D eigenvalue weighted by atomic mass is 10.2. The number of morpholine rings is 1. The van der Waals surface area contributed by atoms with E-state index in [1.165, 1.54) is 17.8 Å². The largest absolute Gasteiger partial charge is 0.450 e. The summed E-state index contributed by atoms with van der Waals surface area (Å²) in [6.07, 6.45) is 1.47. The zero-order valence-electron chi connectivity index (χ0n) is 14.3. The van der Waals surface area contributed by atoms with E-state index in [0.29, 0.717) is 42.3 Å². The molecule has 0 atom stereocenters. The third kappa shape index (κ3) is 3.89. The second kappa shape index (κ2) is 7.70. The van der Waals surface area contributed by atoms with Crippen molar-refractivity contribution in [1.82, 2.24) is 14.9 Å². The van der Waals surface area contributed by atoms with Crippen molar-refractivity contribution in [2.24, 2.45) is 0 Å². The van der Waals surface area contributed by atoms with E-state index < -0.39 is 0 Å². The molecule has 0 unspecified atom stereocenters. The summed E-state index contributed by atoms with van der Waals surface area (Å²) < 4.78 is 11.0. The van der Waals surface area contributed by atoms with Crippen LogP contribution in [-0.2, 0) is 9.53 Å². The molecule has 0 bridgehead atoms. The number of carbonyl (C=O) groups is 1. The first-order valence-corrected chi connectivity index (χ1v) is 9.26. The Kier molecular flexibility index (Phi) is 4.96. The SMILES string of the molecule is N#CC(=Cc1ccc(Sc2nc3ccccc3[nH]2)o1)C(=O)N1CCOCC1. The molecular weight excluding hydrogens is 364 g/mol. The van der Waals surface area contributed by atoms with Crippen molar-refractivity contribution in [2.75, 3.05) is 26.3 Å². The molecule has 1 aromatic carbocycles. The van der Waals surface area contributed by atoms with Crippen LogP contribution in [-0.4, -0.2) is 47.1 Å². The smallest absolute Gasteiger partial charge is 0.264 e. The van der Waals surface area contributed by atoms with Gasteiger partial charge in [0, 0.05) is 19.2 Å². The number of H-pyrrole nitrogens is 1. The van der Waals surface area contributed by atoms with E-state index in [1.807, 2.05) is 30.3 Å². The van der Waals surface area contributed by atoms with Gasteiger partial charge in [-0.05, 0) is 36.0 Å². The van der Waals surface area contributed by atoms with Crippen molar-refractivity contribution in [3.63, 3.8) is 0 Å². The Bertz CT molecular complexity index is 1010. The number of fused-ring (bicyclic) bond motifs is 1. The van der Waals surface area contributed by atoms with Crippen LogP contribution in [0.4, 0.5) is 0 Å². The number of ether oxygens (including phenoxy) is 1. The summed E-state index contributed by atoms with van der Waals surface area (Å²) in [6.45, 7) is 1.96. The molecular formula is C19H16N4O3S. The number of hydrogen-bond acceptors (Lipinski definition) is 6. The maximum absolute atomic E-state index is 12.4. The number of aromatic nitrogens is 2. The second-order valence-electron chi connectivity index (χ2n) is 5.89. The van der Waals surface area contributed by atoms with E-state index in [4.69, 9.17) is 9.15 Å². The summed E-state index contributed by atoms with van der Waals surface area (Å²) >= 11 is 1.35. The van der Waals surface area contributed by atoms with Crippen LogP contribution < -0.4 is 0 Å². The summed E-state index contributed by atoms with van der Waals surface area (Å²) in [5.74, 6) is 0.149. The Morgan fingerprint density at radius 3 is 2.85 bits per heavy atom. The molecule has 1 fully saturated rings. The van der Waals surface area contributed by atoms with Gasteiger partial charge in [-0.15, -0.1) is 0 Å². The number of amides is 1. The zero-order valence-corrected chi connectivity index (χ0v) is 15.2. The fraction of sp³-hybridized carbons (Fsp3) is 0.211. The second-order valence-corrected chi connectivity index (χ2v) is 6.89. The molecule has 136 valence electrons. The predicted octanol–water partition coefficient (Wildman–Crippen LogP) is 3.07. The average molecular weight is 380 g/mol. The Labute approximate surface area is 159 Å². The lowest BCUT2D eigenvalue weighted by molar-refractivity contribution is -0.130. The van der Waals surface area contributed by atoms with Gasteiger partial charge < -0.3 is 19.0 Å². The quantitative estimate of drug-likeness (QED) is 0.552. The molecule has 2 aromatic heterocycles. The van der Waals surface area contributed by atoms with E-state index in [9.17, 15) is 10.1 Å². The number of benzene rings is 1. The fourth-order valence-corrected chi connectivity index (χ4v) is 3.53. The van der Waals surface area contributed by atoms with E-state index in [2.05, 4.69) is 9.97 Å². The molecule has 8 heteroatoms. The first-order valence-electron chi connectivity index (χ1n) is 8.44. The van der Waals surface area contributed by atoms with Crippen LogP contribution in [0.25, 0.3) is 17.1 Å². The number of aromatic amines is 1. The van der Waals surface area contributed by atoms with Crippen LogP contribution in [0.5, 0.6) is 0 Å². The molecule has 1 aliphatic heterocycles. The fourth-order valence-electron chi connectivity index (χ4n) is 2.76. The van der Waals surface area contributed by atoms with Crippen molar-refractivity contribution < 1.29 is 13.9 Å². The third-order valence-electron chi connectivity index (χ3n) is 4.10. The highest BCUT2D eigenvalue weighted by atomic mass is 32.2. The summed E-state index contributed by atoms with van der Waals surface area (Å²) in [6, 6.07) is 13.3. The van der Waals surface area contributed by atoms with Gasteiger partial charge in [-0.25, -0.2) is 4.98 Å². The molecule has 1 N–H and O–H groups in total. The van der Waals surface area contributed by atoms with E-state index in [-0.39, 0.29) is 11.5 Å². The first-order chi connectivity index (χ1) is 13.2. The highest BCUT2D eigenvalue weighted by molar-refractivity contribution is 7.99. The highest BCUT2D eigenvalue weighted by Gasteiger charge is 2.21. The number of hydrogen-bond donors (Lipinski definition) is 1. The predicted molar refractivity (Wildman–Crippen MR) is 99.9 cm³/mol. The Balaban J connectivity index is 1.49. The summed E-state index contributed by atoms with van der Waals surface area (Å²) in [4.78, 5) is 21.8. The van der Waals surface area contributed by atoms with Crippen LogP contribution in [0.3, 0.4) is 0 Å². The van der Waals surface area contributed by atoms with Gasteiger partial charge in [0.1, 0.15) is 17.4 Å². The van der Waals surface area contributed by atoms with E-state index in [0.717, 1.165) is 11.0 Å². The Morgan fingerprint density at radius 1 is 1.26 bits per heavy atom. The molecule has 0 radical (unpaired) electrons. The van der Waals surface area contributed by atoms with Gasteiger partial charge in [0.15, 0.2) is 10.2 Å². The molecule has 0 saturated carbocycles. The van der Waals surface area contributed by atoms with Crippen LogP contribution in [0, 0.1) is 11.3 Å². The minimum atomic E-state index is -0.302. The molecule has 4 rings (SSSR count). The van der Waals surface area contributed by atoms with Gasteiger partial charge in [0.2, 0.25) is 0 Å². The number of furan rings is 1. The van der Waals surface area contributed by atoms with Crippen LogP contribution in [0.2, 0.25) is 0 Å². The molecule has 27 heavy (non-hydrogen) atoms. The number of nitriles is 1. The number of nitrogens with zero attached hydrogens (tertiary/aromatic N) is 3. The topological polar surface area (TPSA) is 95.2 Å². The van der Waals surface area contributed by atoms with E-state index >= 15 is 0 Å². The number of imidazole rings is 1. The lowest BCUT2D eigenvalue weighted by Crippen LogP contribution is -2.41. The normalized spacial score (nSPS) is 15.1. The number of rotatable bonds is 4. The molecule has 1 aliphatic rings. The Morgan fingerprint density at radius 2 is 2.07 bits per heavy atom. The molecule has 1 saturated heterocycles. The molecule has 3 aromatic rings. The van der Waals surface area contributed by atoms with Gasteiger partial charge in [0.05, 0.1) is 24.2 Å². The average Bonchev–Trinajstić information content (AvgIpc) is 3.32. The van der Waals surface area contributed by atoms with Crippen LogP contribution in [0.1, 0.15) is 5.76 Å². The van der Waals surface area contributed by atoms with Crippen molar-refractivity contribution in [1.29, 1.82) is 5.26 Å².